The van der Waals surface area contributed by atoms with Crippen LogP contribution in [-0.4, -0.2) is 19.5 Å². The Morgan fingerprint density at radius 3 is 1.83 bits per heavy atom. The van der Waals surface area contributed by atoms with Crippen LogP contribution in [-0.2, 0) is 0 Å². The third kappa shape index (κ3) is 5.03. The average molecular weight is 805 g/mol. The molecule has 0 spiro atoms. The Bertz CT molecular complexity index is 4220. The molecule has 0 saturated carbocycles. The average Bonchev–Trinajstić information content (AvgIpc) is 4.02. The summed E-state index contributed by atoms with van der Waals surface area (Å²) in [6.45, 7) is 0. The van der Waals surface area contributed by atoms with Crippen LogP contribution in [0.15, 0.2) is 203 Å². The third-order valence-corrected chi connectivity index (χ3v) is 12.8. The molecule has 14 rings (SSSR count). The molecule has 6 heteroatoms. The van der Waals surface area contributed by atoms with Gasteiger partial charge < -0.3 is 13.4 Å². The number of hydrogen-bond acceptors (Lipinski definition) is 5. The van der Waals surface area contributed by atoms with Gasteiger partial charge in [-0.1, -0.05) is 152 Å². The van der Waals surface area contributed by atoms with Gasteiger partial charge in [0.1, 0.15) is 22.3 Å². The highest BCUT2D eigenvalue weighted by Crippen LogP contribution is 2.45. The summed E-state index contributed by atoms with van der Waals surface area (Å²) in [7, 11) is 0. The van der Waals surface area contributed by atoms with E-state index in [4.69, 9.17) is 23.8 Å². The lowest BCUT2D eigenvalue weighted by Crippen LogP contribution is -2.00. The van der Waals surface area contributed by atoms with Crippen LogP contribution in [0.2, 0.25) is 0 Å². The molecule has 6 nitrogen and oxygen atoms in total. The van der Waals surface area contributed by atoms with Gasteiger partial charge in [0.25, 0.3) is 0 Å². The predicted molar refractivity (Wildman–Crippen MR) is 258 cm³/mol. The molecule has 0 aliphatic carbocycles. The molecule has 292 valence electrons. The topological polar surface area (TPSA) is 69.9 Å². The van der Waals surface area contributed by atoms with Gasteiger partial charge in [-0.25, -0.2) is 15.0 Å². The lowest BCUT2D eigenvalue weighted by Gasteiger charge is -2.14. The van der Waals surface area contributed by atoms with Gasteiger partial charge in [0.2, 0.25) is 0 Å². The maximum Gasteiger partial charge on any atom is 0.167 e. The van der Waals surface area contributed by atoms with Crippen LogP contribution in [0.25, 0.3) is 138 Å². The van der Waals surface area contributed by atoms with Crippen LogP contribution in [0.5, 0.6) is 0 Å². The molecule has 0 N–H and O–H groups in total. The van der Waals surface area contributed by atoms with E-state index in [-0.39, 0.29) is 0 Å². The smallest absolute Gasteiger partial charge is 0.167 e. The second-order valence-corrected chi connectivity index (χ2v) is 16.3. The summed E-state index contributed by atoms with van der Waals surface area (Å²) in [6, 6.07) is 68.1. The summed E-state index contributed by atoms with van der Waals surface area (Å²) >= 11 is 0. The van der Waals surface area contributed by atoms with Crippen molar-refractivity contribution in [2.24, 2.45) is 0 Å². The van der Waals surface area contributed by atoms with Crippen LogP contribution in [0.4, 0.5) is 0 Å². The second kappa shape index (κ2) is 12.9. The van der Waals surface area contributed by atoms with E-state index in [1.165, 1.54) is 37.8 Å². The van der Waals surface area contributed by atoms with Crippen LogP contribution in [0.1, 0.15) is 0 Å². The van der Waals surface area contributed by atoms with Crippen molar-refractivity contribution in [1.29, 1.82) is 0 Å². The molecule has 0 aliphatic heterocycles. The zero-order chi connectivity index (χ0) is 41.2. The SMILES string of the molecule is c1ccc(-c2nc(-c3ccc4c(c3)oc3ccccc34)nc(-c3cccc4c3oc3c5ccccc5c(-n5c6cc7ccccc7cc6c6ccc7ccccc7c65)cc43)n2)cc1. The van der Waals surface area contributed by atoms with Gasteiger partial charge >= 0.3 is 0 Å². The van der Waals surface area contributed by atoms with E-state index in [0.717, 1.165) is 82.5 Å². The van der Waals surface area contributed by atoms with E-state index in [0.29, 0.717) is 17.5 Å². The second-order valence-electron chi connectivity index (χ2n) is 16.3. The van der Waals surface area contributed by atoms with Crippen molar-refractivity contribution in [3.63, 3.8) is 0 Å². The van der Waals surface area contributed by atoms with Crippen molar-refractivity contribution in [3.05, 3.63) is 194 Å². The first kappa shape index (κ1) is 34.1. The van der Waals surface area contributed by atoms with Crippen LogP contribution >= 0.6 is 0 Å². The first-order valence-electron chi connectivity index (χ1n) is 21.2. The summed E-state index contributed by atoms with van der Waals surface area (Å²) in [5.74, 6) is 1.65. The highest BCUT2D eigenvalue weighted by atomic mass is 16.3. The highest BCUT2D eigenvalue weighted by Gasteiger charge is 2.23. The van der Waals surface area contributed by atoms with Crippen molar-refractivity contribution in [2.75, 3.05) is 0 Å². The van der Waals surface area contributed by atoms with Crippen molar-refractivity contribution in [1.82, 2.24) is 19.5 Å². The fraction of sp³-hybridized carbons (Fsp3) is 0. The summed E-state index contributed by atoms with van der Waals surface area (Å²) in [4.78, 5) is 15.4. The van der Waals surface area contributed by atoms with Gasteiger partial charge in [-0.3, -0.25) is 0 Å². The molecule has 10 aromatic carbocycles. The monoisotopic (exact) mass is 804 g/mol. The van der Waals surface area contributed by atoms with E-state index in [2.05, 4.69) is 138 Å². The Balaban J connectivity index is 1.04. The summed E-state index contributed by atoms with van der Waals surface area (Å²) in [5, 5.41) is 13.5. The van der Waals surface area contributed by atoms with E-state index in [9.17, 15) is 0 Å². The van der Waals surface area contributed by atoms with Gasteiger partial charge in [0.05, 0.1) is 22.3 Å². The molecule has 0 radical (unpaired) electrons. The molecule has 0 atom stereocenters. The molecule has 0 aliphatic rings. The van der Waals surface area contributed by atoms with Crippen molar-refractivity contribution >= 4 is 98.0 Å². The Kier molecular flexibility index (Phi) is 7.02. The molecular formula is C57H32N4O2. The maximum absolute atomic E-state index is 7.08. The minimum absolute atomic E-state index is 0.526. The van der Waals surface area contributed by atoms with E-state index < -0.39 is 0 Å². The molecule has 0 saturated heterocycles. The molecule has 0 fully saturated rings. The third-order valence-electron chi connectivity index (χ3n) is 12.8. The van der Waals surface area contributed by atoms with Gasteiger partial charge in [-0.05, 0) is 58.6 Å². The summed E-state index contributed by atoms with van der Waals surface area (Å²) < 4.78 is 15.9. The normalized spacial score (nSPS) is 12.1. The fourth-order valence-corrected chi connectivity index (χ4v) is 9.88. The zero-order valence-electron chi connectivity index (χ0n) is 33.6. The van der Waals surface area contributed by atoms with Crippen molar-refractivity contribution in [3.8, 4) is 39.9 Å². The van der Waals surface area contributed by atoms with Crippen LogP contribution in [0, 0.1) is 0 Å². The van der Waals surface area contributed by atoms with Gasteiger partial charge in [-0.15, -0.1) is 0 Å². The number of nitrogens with zero attached hydrogens (tertiary/aromatic N) is 4. The Morgan fingerprint density at radius 2 is 0.968 bits per heavy atom. The van der Waals surface area contributed by atoms with E-state index in [1.54, 1.807) is 0 Å². The van der Waals surface area contributed by atoms with Crippen LogP contribution < -0.4 is 0 Å². The Hall–Kier alpha value is -8.61. The maximum atomic E-state index is 7.08. The van der Waals surface area contributed by atoms with E-state index >= 15 is 0 Å². The predicted octanol–water partition coefficient (Wildman–Crippen LogP) is 15.2. The lowest BCUT2D eigenvalue weighted by molar-refractivity contribution is 0.669. The standard InChI is InChI=1S/C57H32N4O2/c1-2-14-34(15-3-1)55-58-56(37-26-27-41-40-20-10-11-24-50(40)62-51(41)31-37)60-57(59-55)45-23-12-22-44-47-32-49(39-19-8-9-21-43(39)54(47)63-53(44)45)61-48-30-36-17-5-4-16-35(36)29-46(48)42-28-25-33-13-6-7-18-38(33)52(42)61/h1-32H. The first-order chi connectivity index (χ1) is 31.2. The highest BCUT2D eigenvalue weighted by molar-refractivity contribution is 6.24. The minimum atomic E-state index is 0.526. The Labute approximate surface area is 358 Å². The number of rotatable bonds is 4. The Morgan fingerprint density at radius 1 is 0.333 bits per heavy atom. The molecule has 0 bridgehead atoms. The fourth-order valence-electron chi connectivity index (χ4n) is 9.88. The molecule has 0 unspecified atom stereocenters. The molecule has 14 aromatic rings. The van der Waals surface area contributed by atoms with Crippen molar-refractivity contribution in [2.45, 2.75) is 0 Å². The number of para-hydroxylation sites is 2. The van der Waals surface area contributed by atoms with Gasteiger partial charge in [-0.2, -0.15) is 0 Å². The number of furan rings is 2. The zero-order valence-corrected chi connectivity index (χ0v) is 33.6. The van der Waals surface area contributed by atoms with E-state index in [1.807, 2.05) is 60.7 Å². The van der Waals surface area contributed by atoms with Crippen LogP contribution in [0.3, 0.4) is 0 Å². The minimum Gasteiger partial charge on any atom is -0.456 e. The summed E-state index contributed by atoms with van der Waals surface area (Å²) in [5.41, 5.74) is 9.11. The molecule has 4 heterocycles. The lowest BCUT2D eigenvalue weighted by atomic mass is 10.0. The molecule has 0 amide bonds. The number of benzene rings is 10. The molecular weight excluding hydrogens is 773 g/mol. The number of hydrogen-bond donors (Lipinski definition) is 0. The quantitative estimate of drug-likeness (QED) is 0.177. The molecule has 63 heavy (non-hydrogen) atoms. The summed E-state index contributed by atoms with van der Waals surface area (Å²) in [6.07, 6.45) is 0. The number of fused-ring (bicyclic) bond motifs is 14. The first-order valence-corrected chi connectivity index (χ1v) is 21.2. The molecule has 4 aromatic heterocycles. The number of aromatic nitrogens is 4. The largest absolute Gasteiger partial charge is 0.456 e. The van der Waals surface area contributed by atoms with Crippen molar-refractivity contribution < 1.29 is 8.83 Å². The van der Waals surface area contributed by atoms with Gasteiger partial charge in [0.15, 0.2) is 17.5 Å². The van der Waals surface area contributed by atoms with Gasteiger partial charge in [0, 0.05) is 59.6 Å².